The second-order valence-electron chi connectivity index (χ2n) is 3.63. The smallest absolute Gasteiger partial charge is 0.406 e. The molecule has 0 amide bonds. The van der Waals surface area contributed by atoms with Crippen molar-refractivity contribution < 1.29 is 36.2 Å². The van der Waals surface area contributed by atoms with E-state index in [1.807, 2.05) is 0 Å². The lowest BCUT2D eigenvalue weighted by Gasteiger charge is -2.22. The molecule has 0 heterocycles. The predicted octanol–water partition coefficient (Wildman–Crippen LogP) is 2.77. The van der Waals surface area contributed by atoms with Crippen molar-refractivity contribution in [3.8, 4) is 5.75 Å². The molecule has 0 spiro atoms. The zero-order chi connectivity index (χ0) is 14.8. The van der Waals surface area contributed by atoms with Crippen molar-refractivity contribution in [2.24, 2.45) is 5.73 Å². The molecule has 0 saturated carbocycles. The molecular formula is C10H10ClF6NO2. The second kappa shape index (κ2) is 6.51. The van der Waals surface area contributed by atoms with Crippen molar-refractivity contribution >= 4 is 12.4 Å². The lowest BCUT2D eigenvalue weighted by molar-refractivity contribution is -0.274. The first-order chi connectivity index (χ1) is 8.57. The van der Waals surface area contributed by atoms with Crippen LogP contribution >= 0.6 is 12.4 Å². The van der Waals surface area contributed by atoms with Gasteiger partial charge in [-0.25, -0.2) is 13.2 Å². The van der Waals surface area contributed by atoms with Crippen LogP contribution in [0.5, 0.6) is 5.75 Å². The lowest BCUT2D eigenvalue weighted by atomic mass is 10.0. The normalized spacial score (nSPS) is 13.6. The minimum atomic E-state index is -5.04. The molecule has 0 aliphatic carbocycles. The van der Waals surface area contributed by atoms with E-state index in [9.17, 15) is 26.3 Å². The van der Waals surface area contributed by atoms with Crippen LogP contribution in [0.3, 0.4) is 0 Å². The van der Waals surface area contributed by atoms with Crippen LogP contribution < -0.4 is 10.5 Å². The molecule has 0 bridgehead atoms. The van der Waals surface area contributed by atoms with E-state index >= 15 is 0 Å². The number of halogens is 7. The monoisotopic (exact) mass is 325 g/mol. The maximum atomic E-state index is 13.3. The van der Waals surface area contributed by atoms with Gasteiger partial charge < -0.3 is 15.6 Å². The summed E-state index contributed by atoms with van der Waals surface area (Å²) in [7, 11) is 0. The van der Waals surface area contributed by atoms with Gasteiger partial charge in [-0.2, -0.15) is 0 Å². The average molecular weight is 326 g/mol. The van der Waals surface area contributed by atoms with Crippen molar-refractivity contribution in [3.05, 3.63) is 29.6 Å². The third-order valence-electron chi connectivity index (χ3n) is 2.20. The predicted molar refractivity (Wildman–Crippen MR) is 59.3 cm³/mol. The van der Waals surface area contributed by atoms with Crippen LogP contribution in [0, 0.1) is 5.82 Å². The molecule has 1 rings (SSSR count). The molecule has 116 valence electrons. The molecule has 10 heteroatoms. The maximum absolute atomic E-state index is 13.3. The highest BCUT2D eigenvalue weighted by molar-refractivity contribution is 5.85. The quantitative estimate of drug-likeness (QED) is 0.837. The van der Waals surface area contributed by atoms with Gasteiger partial charge in [0.15, 0.2) is 0 Å². The van der Waals surface area contributed by atoms with Gasteiger partial charge in [0.1, 0.15) is 18.2 Å². The fourth-order valence-electron chi connectivity index (χ4n) is 1.28. The van der Waals surface area contributed by atoms with Crippen molar-refractivity contribution in [2.45, 2.75) is 18.3 Å². The minimum Gasteiger partial charge on any atom is -0.406 e. The van der Waals surface area contributed by atoms with Crippen molar-refractivity contribution in [3.63, 3.8) is 0 Å². The highest BCUT2D eigenvalue weighted by Gasteiger charge is 2.39. The second-order valence-corrected chi connectivity index (χ2v) is 3.63. The van der Waals surface area contributed by atoms with Gasteiger partial charge >= 0.3 is 6.36 Å². The minimum absolute atomic E-state index is 0. The highest BCUT2D eigenvalue weighted by atomic mass is 35.5. The molecule has 0 aromatic heterocycles. The first kappa shape index (κ1) is 18.8. The summed E-state index contributed by atoms with van der Waals surface area (Å²) < 4.78 is 78.7. The van der Waals surface area contributed by atoms with Gasteiger partial charge in [0.25, 0.3) is 5.92 Å². The molecule has 1 aromatic rings. The molecule has 0 aliphatic rings. The Balaban J connectivity index is 0.00000361. The Kier molecular flexibility index (Phi) is 6.12. The van der Waals surface area contributed by atoms with Crippen LogP contribution in [-0.2, 0) is 0 Å². The first-order valence-corrected chi connectivity index (χ1v) is 4.86. The summed E-state index contributed by atoms with van der Waals surface area (Å²) in [4.78, 5) is 0. The molecule has 0 unspecified atom stereocenters. The molecule has 0 radical (unpaired) electrons. The van der Waals surface area contributed by atoms with Crippen LogP contribution in [0.4, 0.5) is 26.3 Å². The van der Waals surface area contributed by atoms with Gasteiger partial charge in [-0.05, 0) is 18.2 Å². The third-order valence-corrected chi connectivity index (χ3v) is 2.20. The van der Waals surface area contributed by atoms with E-state index in [1.54, 1.807) is 0 Å². The summed E-state index contributed by atoms with van der Waals surface area (Å²) in [6, 6.07) is -0.744. The van der Waals surface area contributed by atoms with Gasteiger partial charge in [0.05, 0.1) is 6.04 Å². The van der Waals surface area contributed by atoms with E-state index in [1.165, 1.54) is 0 Å². The number of aliphatic hydroxyl groups excluding tert-OH is 1. The summed E-state index contributed by atoms with van der Waals surface area (Å²) in [6.07, 6.45) is -5.04. The first-order valence-electron chi connectivity index (χ1n) is 4.86. The molecule has 1 atom stereocenters. The van der Waals surface area contributed by atoms with E-state index < -0.39 is 42.1 Å². The molecule has 1 aromatic carbocycles. The van der Waals surface area contributed by atoms with Gasteiger partial charge in [-0.15, -0.1) is 25.6 Å². The molecule has 20 heavy (non-hydrogen) atoms. The van der Waals surface area contributed by atoms with Crippen molar-refractivity contribution in [2.75, 3.05) is 6.61 Å². The average Bonchev–Trinajstić information content (AvgIpc) is 2.29. The topological polar surface area (TPSA) is 55.5 Å². The summed E-state index contributed by atoms with van der Waals surface area (Å²) in [5.41, 5.74) is 4.14. The van der Waals surface area contributed by atoms with Crippen LogP contribution in [0.15, 0.2) is 18.2 Å². The Labute approximate surface area is 115 Å². The Hall–Kier alpha value is -1.19. The standard InChI is InChI=1S/C10H9F6NO2.ClH/c11-7-2-1-5(19-10(14,15)16)3-6(7)8(17)9(12,13)4-18;/h1-3,8,18H,4,17H2;1H/t8-;/m0./s1. The number of hydrogen-bond donors (Lipinski definition) is 2. The van der Waals surface area contributed by atoms with E-state index in [0.717, 1.165) is 0 Å². The van der Waals surface area contributed by atoms with Gasteiger partial charge in [0.2, 0.25) is 0 Å². The van der Waals surface area contributed by atoms with Gasteiger partial charge in [-0.3, -0.25) is 0 Å². The zero-order valence-corrected chi connectivity index (χ0v) is 10.4. The fraction of sp³-hybridized carbons (Fsp3) is 0.400. The largest absolute Gasteiger partial charge is 0.573 e. The highest BCUT2D eigenvalue weighted by Crippen LogP contribution is 2.33. The molecule has 0 saturated heterocycles. The summed E-state index contributed by atoms with van der Waals surface area (Å²) in [5, 5.41) is 8.41. The van der Waals surface area contributed by atoms with E-state index in [0.29, 0.717) is 18.2 Å². The van der Waals surface area contributed by atoms with E-state index in [4.69, 9.17) is 10.8 Å². The van der Waals surface area contributed by atoms with Crippen LogP contribution in [0.2, 0.25) is 0 Å². The van der Waals surface area contributed by atoms with E-state index in [2.05, 4.69) is 4.74 Å². The van der Waals surface area contributed by atoms with Crippen molar-refractivity contribution in [1.82, 2.24) is 0 Å². The number of benzene rings is 1. The summed E-state index contributed by atoms with van der Waals surface area (Å²) in [5.74, 6) is -5.99. The summed E-state index contributed by atoms with van der Waals surface area (Å²) >= 11 is 0. The Morgan fingerprint density at radius 2 is 1.75 bits per heavy atom. The third kappa shape index (κ3) is 4.73. The van der Waals surface area contributed by atoms with Crippen molar-refractivity contribution in [1.29, 1.82) is 0 Å². The van der Waals surface area contributed by atoms with Crippen LogP contribution in [-0.4, -0.2) is 24.0 Å². The van der Waals surface area contributed by atoms with Crippen LogP contribution in [0.25, 0.3) is 0 Å². The number of ether oxygens (including phenoxy) is 1. The van der Waals surface area contributed by atoms with Crippen LogP contribution in [0.1, 0.15) is 11.6 Å². The molecular weight excluding hydrogens is 316 g/mol. The molecule has 0 aliphatic heterocycles. The molecule has 3 nitrogen and oxygen atoms in total. The zero-order valence-electron chi connectivity index (χ0n) is 9.63. The Morgan fingerprint density at radius 3 is 2.20 bits per heavy atom. The Morgan fingerprint density at radius 1 is 1.20 bits per heavy atom. The van der Waals surface area contributed by atoms with E-state index in [-0.39, 0.29) is 12.4 Å². The maximum Gasteiger partial charge on any atom is 0.573 e. The Bertz CT molecular complexity index is 454. The molecule has 0 fully saturated rings. The number of hydrogen-bond acceptors (Lipinski definition) is 3. The lowest BCUT2D eigenvalue weighted by Crippen LogP contribution is -2.36. The number of rotatable bonds is 4. The number of alkyl halides is 5. The summed E-state index contributed by atoms with van der Waals surface area (Å²) in [6.45, 7) is -1.67. The fourth-order valence-corrected chi connectivity index (χ4v) is 1.28. The molecule has 3 N–H and O–H groups in total. The van der Waals surface area contributed by atoms with Gasteiger partial charge in [0, 0.05) is 5.56 Å². The van der Waals surface area contributed by atoms with Gasteiger partial charge in [-0.1, -0.05) is 0 Å². The SMILES string of the molecule is Cl.N[C@@H](c1cc(OC(F)(F)F)ccc1F)C(F)(F)CO. The number of aliphatic hydroxyl groups is 1. The number of nitrogens with two attached hydrogens (primary N) is 1.